The Bertz CT molecular complexity index is 454. The third-order valence-corrected chi connectivity index (χ3v) is 3.25. The van der Waals surface area contributed by atoms with Gasteiger partial charge >= 0.3 is 0 Å². The van der Waals surface area contributed by atoms with Gasteiger partial charge in [-0.1, -0.05) is 0 Å². The van der Waals surface area contributed by atoms with Crippen molar-refractivity contribution in [3.05, 3.63) is 29.3 Å². The number of carbonyl (C=O) groups is 1. The molecule has 1 fully saturated rings. The number of aromatic hydroxyl groups is 1. The molecular formula is C13H18N2O3. The smallest absolute Gasteiger partial charge is 0.251 e. The SMILES string of the molecule is Cc1cc(O)ccc1C(=O)NC[C@@]1(O)CCNC1. The number of aliphatic hydroxyl groups is 1. The lowest BCUT2D eigenvalue weighted by molar-refractivity contribution is 0.0561. The van der Waals surface area contributed by atoms with Crippen molar-refractivity contribution in [2.75, 3.05) is 19.6 Å². The second-order valence-electron chi connectivity index (χ2n) is 4.83. The normalized spacial score (nSPS) is 23.0. The quantitative estimate of drug-likeness (QED) is 0.616. The predicted molar refractivity (Wildman–Crippen MR) is 67.6 cm³/mol. The summed E-state index contributed by atoms with van der Waals surface area (Å²) in [4.78, 5) is 12.0. The summed E-state index contributed by atoms with van der Waals surface area (Å²) in [6.07, 6.45) is 0.641. The number of aryl methyl sites for hydroxylation is 1. The summed E-state index contributed by atoms with van der Waals surface area (Å²) >= 11 is 0. The van der Waals surface area contributed by atoms with Gasteiger partial charge in [-0.15, -0.1) is 0 Å². The van der Waals surface area contributed by atoms with E-state index in [2.05, 4.69) is 10.6 Å². The fourth-order valence-electron chi connectivity index (χ4n) is 2.12. The van der Waals surface area contributed by atoms with Crippen molar-refractivity contribution >= 4 is 5.91 Å². The average molecular weight is 250 g/mol. The summed E-state index contributed by atoms with van der Waals surface area (Å²) < 4.78 is 0. The molecule has 1 amide bonds. The van der Waals surface area contributed by atoms with Crippen molar-refractivity contribution in [3.8, 4) is 5.75 Å². The lowest BCUT2D eigenvalue weighted by Gasteiger charge is -2.21. The van der Waals surface area contributed by atoms with Gasteiger partial charge in [0.15, 0.2) is 0 Å². The molecule has 1 aromatic rings. The number of rotatable bonds is 3. The van der Waals surface area contributed by atoms with Crippen molar-refractivity contribution in [2.24, 2.45) is 0 Å². The van der Waals surface area contributed by atoms with Crippen LogP contribution in [0.1, 0.15) is 22.3 Å². The summed E-state index contributed by atoms with van der Waals surface area (Å²) in [6.45, 7) is 3.27. The number of hydrogen-bond acceptors (Lipinski definition) is 4. The Labute approximate surface area is 106 Å². The summed E-state index contributed by atoms with van der Waals surface area (Å²) in [7, 11) is 0. The Balaban J connectivity index is 1.99. The van der Waals surface area contributed by atoms with Crippen LogP contribution in [0.3, 0.4) is 0 Å². The molecule has 0 radical (unpaired) electrons. The molecule has 1 atom stereocenters. The van der Waals surface area contributed by atoms with E-state index in [9.17, 15) is 15.0 Å². The van der Waals surface area contributed by atoms with Crippen LogP contribution < -0.4 is 10.6 Å². The molecule has 1 aliphatic heterocycles. The van der Waals surface area contributed by atoms with Crippen LogP contribution in [-0.2, 0) is 0 Å². The molecule has 1 aromatic carbocycles. The molecule has 0 saturated carbocycles. The summed E-state index contributed by atoms with van der Waals surface area (Å²) in [5, 5.41) is 25.2. The molecule has 1 aliphatic rings. The van der Waals surface area contributed by atoms with Gasteiger partial charge in [0.2, 0.25) is 0 Å². The van der Waals surface area contributed by atoms with Crippen LogP contribution in [0.5, 0.6) is 5.75 Å². The maximum Gasteiger partial charge on any atom is 0.251 e. The Morgan fingerprint density at radius 2 is 2.33 bits per heavy atom. The molecule has 0 aromatic heterocycles. The predicted octanol–water partition coefficient (Wildman–Crippen LogP) is 0.155. The number of hydrogen-bond donors (Lipinski definition) is 4. The summed E-state index contributed by atoms with van der Waals surface area (Å²) in [5.41, 5.74) is 0.381. The molecule has 18 heavy (non-hydrogen) atoms. The number of benzene rings is 1. The van der Waals surface area contributed by atoms with Gasteiger partial charge in [0.05, 0.1) is 5.60 Å². The maximum atomic E-state index is 12.0. The highest BCUT2D eigenvalue weighted by molar-refractivity contribution is 5.95. The zero-order valence-corrected chi connectivity index (χ0v) is 10.4. The van der Waals surface area contributed by atoms with Gasteiger partial charge in [-0.3, -0.25) is 4.79 Å². The molecule has 4 N–H and O–H groups in total. The minimum atomic E-state index is -0.847. The number of carbonyl (C=O) groups excluding carboxylic acids is 1. The first-order chi connectivity index (χ1) is 8.50. The third-order valence-electron chi connectivity index (χ3n) is 3.25. The van der Waals surface area contributed by atoms with E-state index in [4.69, 9.17) is 0 Å². The molecule has 1 heterocycles. The van der Waals surface area contributed by atoms with E-state index in [1.807, 2.05) is 0 Å². The molecule has 98 valence electrons. The Kier molecular flexibility index (Phi) is 3.54. The molecule has 0 spiro atoms. The highest BCUT2D eigenvalue weighted by Crippen LogP contribution is 2.16. The standard InChI is InChI=1S/C13H18N2O3/c1-9-6-10(16)2-3-11(9)12(17)15-8-13(18)4-5-14-7-13/h2-3,6,14,16,18H,4-5,7-8H2,1H3,(H,15,17)/t13-/m1/s1. The zero-order chi connectivity index (χ0) is 13.2. The average Bonchev–Trinajstić information content (AvgIpc) is 2.74. The molecule has 0 aliphatic carbocycles. The molecule has 5 heteroatoms. The van der Waals surface area contributed by atoms with Crippen molar-refractivity contribution in [1.82, 2.24) is 10.6 Å². The number of nitrogens with one attached hydrogen (secondary N) is 2. The Morgan fingerprint density at radius 1 is 1.56 bits per heavy atom. The zero-order valence-electron chi connectivity index (χ0n) is 10.4. The third kappa shape index (κ3) is 2.80. The molecule has 0 bridgehead atoms. The molecule has 0 unspecified atom stereocenters. The molecule has 2 rings (SSSR count). The highest BCUT2D eigenvalue weighted by Gasteiger charge is 2.31. The number of phenolic OH excluding ortho intramolecular Hbond substituents is 1. The fourth-order valence-corrected chi connectivity index (χ4v) is 2.12. The maximum absolute atomic E-state index is 12.0. The number of phenols is 1. The van der Waals surface area contributed by atoms with Gasteiger partial charge in [-0.25, -0.2) is 0 Å². The van der Waals surface area contributed by atoms with E-state index >= 15 is 0 Å². The van der Waals surface area contributed by atoms with E-state index in [1.165, 1.54) is 6.07 Å². The van der Waals surface area contributed by atoms with Crippen LogP contribution in [0.2, 0.25) is 0 Å². The van der Waals surface area contributed by atoms with Gasteiger partial charge in [0, 0.05) is 18.7 Å². The second kappa shape index (κ2) is 4.96. The van der Waals surface area contributed by atoms with Crippen LogP contribution in [0.4, 0.5) is 0 Å². The summed E-state index contributed by atoms with van der Waals surface area (Å²) in [5.74, 6) is -0.0875. The largest absolute Gasteiger partial charge is 0.508 e. The second-order valence-corrected chi connectivity index (χ2v) is 4.83. The first-order valence-electron chi connectivity index (χ1n) is 6.01. The molecule has 1 saturated heterocycles. The van der Waals surface area contributed by atoms with Crippen LogP contribution in [0.15, 0.2) is 18.2 Å². The number of β-amino-alcohol motifs (C(OH)–C–C–N with tert-alkyl or cyclic N) is 1. The monoisotopic (exact) mass is 250 g/mol. The number of amides is 1. The lowest BCUT2D eigenvalue weighted by Crippen LogP contribution is -2.44. The van der Waals surface area contributed by atoms with Gasteiger partial charge in [-0.2, -0.15) is 0 Å². The topological polar surface area (TPSA) is 81.6 Å². The Morgan fingerprint density at radius 3 is 2.94 bits per heavy atom. The van der Waals surface area contributed by atoms with Crippen molar-refractivity contribution in [1.29, 1.82) is 0 Å². The van der Waals surface area contributed by atoms with Crippen LogP contribution >= 0.6 is 0 Å². The van der Waals surface area contributed by atoms with Gasteiger partial charge in [0.25, 0.3) is 5.91 Å². The first-order valence-corrected chi connectivity index (χ1v) is 6.01. The minimum Gasteiger partial charge on any atom is -0.508 e. The van der Waals surface area contributed by atoms with Crippen molar-refractivity contribution in [3.63, 3.8) is 0 Å². The van der Waals surface area contributed by atoms with Crippen molar-refractivity contribution < 1.29 is 15.0 Å². The molecular weight excluding hydrogens is 232 g/mol. The van der Waals surface area contributed by atoms with E-state index in [0.29, 0.717) is 24.1 Å². The highest BCUT2D eigenvalue weighted by atomic mass is 16.3. The van der Waals surface area contributed by atoms with E-state index in [0.717, 1.165) is 6.54 Å². The van der Waals surface area contributed by atoms with E-state index < -0.39 is 5.60 Å². The van der Waals surface area contributed by atoms with Crippen LogP contribution in [-0.4, -0.2) is 41.4 Å². The van der Waals surface area contributed by atoms with Crippen LogP contribution in [0.25, 0.3) is 0 Å². The fraction of sp³-hybridized carbons (Fsp3) is 0.462. The van der Waals surface area contributed by atoms with Gasteiger partial charge in [-0.05, 0) is 43.7 Å². The van der Waals surface area contributed by atoms with Crippen LogP contribution in [0, 0.1) is 6.92 Å². The molecule has 5 nitrogen and oxygen atoms in total. The summed E-state index contributed by atoms with van der Waals surface area (Å²) in [6, 6.07) is 4.60. The van der Waals surface area contributed by atoms with Gasteiger partial charge < -0.3 is 20.8 Å². The van der Waals surface area contributed by atoms with E-state index in [1.54, 1.807) is 19.1 Å². The first kappa shape index (κ1) is 12.9. The van der Waals surface area contributed by atoms with E-state index in [-0.39, 0.29) is 18.2 Å². The lowest BCUT2D eigenvalue weighted by atomic mass is 10.0. The van der Waals surface area contributed by atoms with Crippen molar-refractivity contribution in [2.45, 2.75) is 18.9 Å². The Hall–Kier alpha value is -1.59. The van der Waals surface area contributed by atoms with Gasteiger partial charge in [0.1, 0.15) is 5.75 Å². The minimum absolute atomic E-state index is 0.141.